The Hall–Kier alpha value is -3.60. The number of carboxylic acid groups (broad SMARTS) is 1. The Balaban J connectivity index is 1.82. The SMILES string of the molecule is C=CC1=C(C(=O)O)N2C(=O)C(NC(=O)C(NC(=O)OC(C)(C)C)c3csc(NC(=O)C(F)(F)F)n3)[C@@H]2SC1. The van der Waals surface area contributed by atoms with Gasteiger partial charge in [0, 0.05) is 11.1 Å². The molecule has 3 heterocycles. The number of alkyl carbamates (subject to hydrolysis) is 1. The second-order valence-corrected chi connectivity index (χ2v) is 10.9. The fourth-order valence-corrected chi connectivity index (χ4v) is 5.45. The molecule has 3 atom stereocenters. The molecule has 0 aliphatic carbocycles. The molecule has 1 fully saturated rings. The number of aliphatic carboxylic acids is 1. The molecule has 1 aromatic rings. The summed E-state index contributed by atoms with van der Waals surface area (Å²) in [7, 11) is 0. The summed E-state index contributed by atoms with van der Waals surface area (Å²) in [6.45, 7) is 8.22. The summed E-state index contributed by atoms with van der Waals surface area (Å²) >= 11 is 1.75. The van der Waals surface area contributed by atoms with Crippen LogP contribution in [0.5, 0.6) is 0 Å². The minimum atomic E-state index is -5.18. The first-order valence-electron chi connectivity index (χ1n) is 10.7. The second-order valence-electron chi connectivity index (χ2n) is 8.89. The molecule has 1 aromatic heterocycles. The Bertz CT molecular complexity index is 1220. The number of β-lactam (4-membered cyclic amide) rings is 1. The van der Waals surface area contributed by atoms with Crippen molar-refractivity contribution in [3.8, 4) is 0 Å². The van der Waals surface area contributed by atoms with Crippen LogP contribution in [0.4, 0.5) is 23.1 Å². The van der Waals surface area contributed by atoms with Crippen LogP contribution in [0.3, 0.4) is 0 Å². The maximum absolute atomic E-state index is 13.2. The number of nitrogens with zero attached hydrogens (tertiary/aromatic N) is 2. The van der Waals surface area contributed by atoms with Gasteiger partial charge in [0.2, 0.25) is 5.91 Å². The molecule has 1 saturated heterocycles. The lowest BCUT2D eigenvalue weighted by Crippen LogP contribution is -2.71. The molecule has 0 bridgehead atoms. The molecule has 4 amide bonds. The third-order valence-electron chi connectivity index (χ3n) is 4.96. The zero-order chi connectivity index (χ0) is 28.6. The molecule has 12 nitrogen and oxygen atoms in total. The number of fused-ring (bicyclic) bond motifs is 1. The van der Waals surface area contributed by atoms with E-state index in [0.29, 0.717) is 16.9 Å². The smallest absolute Gasteiger partial charge is 0.471 e. The summed E-state index contributed by atoms with van der Waals surface area (Å²) in [5.41, 5.74) is -1.13. The van der Waals surface area contributed by atoms with Crippen molar-refractivity contribution in [3.63, 3.8) is 0 Å². The van der Waals surface area contributed by atoms with Gasteiger partial charge in [0.05, 0.1) is 5.69 Å². The van der Waals surface area contributed by atoms with Crippen molar-refractivity contribution >= 4 is 58.0 Å². The lowest BCUT2D eigenvalue weighted by Gasteiger charge is -2.49. The lowest BCUT2D eigenvalue weighted by molar-refractivity contribution is -0.167. The van der Waals surface area contributed by atoms with E-state index in [-0.39, 0.29) is 17.1 Å². The van der Waals surface area contributed by atoms with E-state index in [1.807, 2.05) is 0 Å². The van der Waals surface area contributed by atoms with E-state index in [9.17, 15) is 42.3 Å². The number of hydrogen-bond acceptors (Lipinski definition) is 9. The van der Waals surface area contributed by atoms with Crippen LogP contribution in [0.1, 0.15) is 32.5 Å². The molecule has 2 aliphatic heterocycles. The number of carbonyl (C=O) groups is 5. The van der Waals surface area contributed by atoms with Crippen LogP contribution >= 0.6 is 23.1 Å². The van der Waals surface area contributed by atoms with Crippen LogP contribution in [-0.4, -0.2) is 73.7 Å². The summed E-state index contributed by atoms with van der Waals surface area (Å²) in [4.78, 5) is 66.1. The monoisotopic (exact) mass is 577 g/mol. The van der Waals surface area contributed by atoms with Crippen molar-refractivity contribution in [3.05, 3.63) is 35.0 Å². The number of rotatable bonds is 7. The first-order chi connectivity index (χ1) is 17.5. The average Bonchev–Trinajstić information content (AvgIpc) is 3.25. The van der Waals surface area contributed by atoms with Crippen molar-refractivity contribution in [2.24, 2.45) is 0 Å². The number of aromatic nitrogens is 1. The zero-order valence-electron chi connectivity index (χ0n) is 20.0. The van der Waals surface area contributed by atoms with Gasteiger partial charge < -0.3 is 20.5 Å². The summed E-state index contributed by atoms with van der Waals surface area (Å²) in [6.07, 6.45) is -4.92. The average molecular weight is 578 g/mol. The van der Waals surface area contributed by atoms with Gasteiger partial charge in [0.25, 0.3) is 5.91 Å². The fraction of sp³-hybridized carbons (Fsp3) is 0.429. The molecular formula is C21H22F3N5O7S2. The summed E-state index contributed by atoms with van der Waals surface area (Å²) < 4.78 is 42.9. The highest BCUT2D eigenvalue weighted by Gasteiger charge is 2.54. The first kappa shape index (κ1) is 29.0. The highest BCUT2D eigenvalue weighted by molar-refractivity contribution is 8.00. The number of allylic oxidation sites excluding steroid dienone is 1. The Morgan fingerprint density at radius 2 is 1.95 bits per heavy atom. The first-order valence-corrected chi connectivity index (χ1v) is 12.6. The van der Waals surface area contributed by atoms with Crippen molar-refractivity contribution in [2.75, 3.05) is 11.1 Å². The predicted octanol–water partition coefficient (Wildman–Crippen LogP) is 2.13. The molecule has 38 heavy (non-hydrogen) atoms. The van der Waals surface area contributed by atoms with Gasteiger partial charge in [0.15, 0.2) is 11.2 Å². The van der Waals surface area contributed by atoms with Crippen molar-refractivity contribution in [1.29, 1.82) is 0 Å². The molecule has 17 heteroatoms. The Morgan fingerprint density at radius 3 is 2.50 bits per heavy atom. The van der Waals surface area contributed by atoms with Crippen LogP contribution in [0.2, 0.25) is 0 Å². The van der Waals surface area contributed by atoms with Crippen LogP contribution in [0.15, 0.2) is 29.3 Å². The molecule has 206 valence electrons. The highest BCUT2D eigenvalue weighted by Crippen LogP contribution is 2.40. The number of carbonyl (C=O) groups excluding carboxylic acids is 4. The van der Waals surface area contributed by atoms with Gasteiger partial charge in [-0.2, -0.15) is 13.2 Å². The quantitative estimate of drug-likeness (QED) is 0.355. The number of nitrogens with one attached hydrogen (secondary N) is 3. The van der Waals surface area contributed by atoms with Gasteiger partial charge in [-0.1, -0.05) is 12.7 Å². The standard InChI is InChI=1S/C21H22F3N5O7S2/c1-5-8-6-37-15-11(14(31)29(15)12(8)16(32)33)26-13(30)10(27-19(35)36-20(2,3)4)9-7-38-18(25-9)28-17(34)21(22,23)24/h5,7,10-11,15H,1,6H2,2-4H3,(H,26,30)(H,27,35)(H,32,33)(H,25,28,34)/t10?,11?,15-/m0/s1. The van der Waals surface area contributed by atoms with Gasteiger partial charge >= 0.3 is 24.1 Å². The van der Waals surface area contributed by atoms with Crippen LogP contribution < -0.4 is 16.0 Å². The van der Waals surface area contributed by atoms with E-state index >= 15 is 0 Å². The normalized spacial score (nSPS) is 20.1. The number of thioether (sulfide) groups is 1. The Labute approximate surface area is 221 Å². The molecule has 0 radical (unpaired) electrons. The number of thiazole rings is 1. The Kier molecular flexibility index (Phi) is 8.11. The summed E-state index contributed by atoms with van der Waals surface area (Å²) in [5, 5.41) is 15.7. The van der Waals surface area contributed by atoms with E-state index in [0.717, 1.165) is 10.3 Å². The molecule has 0 spiro atoms. The van der Waals surface area contributed by atoms with Gasteiger partial charge in [-0.05, 0) is 26.3 Å². The third kappa shape index (κ3) is 6.27. The molecule has 3 rings (SSSR count). The number of carboxylic acids is 1. The Morgan fingerprint density at radius 1 is 1.29 bits per heavy atom. The maximum Gasteiger partial charge on any atom is 0.471 e. The van der Waals surface area contributed by atoms with Crippen molar-refractivity contribution in [2.45, 2.75) is 50.0 Å². The van der Waals surface area contributed by atoms with E-state index in [1.54, 1.807) is 26.1 Å². The summed E-state index contributed by atoms with van der Waals surface area (Å²) in [5.74, 6) is -5.11. The van der Waals surface area contributed by atoms with Crippen molar-refractivity contribution < 1.29 is 47.0 Å². The largest absolute Gasteiger partial charge is 0.477 e. The fourth-order valence-electron chi connectivity index (χ4n) is 3.38. The number of ether oxygens (including phenoxy) is 1. The molecular weight excluding hydrogens is 555 g/mol. The van der Waals surface area contributed by atoms with Gasteiger partial charge in [-0.3, -0.25) is 24.6 Å². The van der Waals surface area contributed by atoms with Crippen molar-refractivity contribution in [1.82, 2.24) is 20.5 Å². The number of anilines is 1. The predicted molar refractivity (Wildman–Crippen MR) is 129 cm³/mol. The minimum absolute atomic E-state index is 0.208. The van der Waals surface area contributed by atoms with E-state index in [1.165, 1.54) is 17.8 Å². The van der Waals surface area contributed by atoms with Gasteiger partial charge in [-0.15, -0.1) is 23.1 Å². The number of amides is 4. The maximum atomic E-state index is 13.2. The number of hydrogen-bond donors (Lipinski definition) is 4. The second kappa shape index (κ2) is 10.6. The molecule has 0 aromatic carbocycles. The number of alkyl halides is 3. The highest BCUT2D eigenvalue weighted by atomic mass is 32.2. The van der Waals surface area contributed by atoms with Crippen LogP contribution in [0.25, 0.3) is 0 Å². The lowest BCUT2D eigenvalue weighted by atomic mass is 10.0. The van der Waals surface area contributed by atoms with Crippen LogP contribution in [-0.2, 0) is 23.9 Å². The number of halogens is 3. The molecule has 0 saturated carbocycles. The summed E-state index contributed by atoms with van der Waals surface area (Å²) in [6, 6.07) is -2.80. The van der Waals surface area contributed by atoms with E-state index in [4.69, 9.17) is 4.74 Å². The van der Waals surface area contributed by atoms with E-state index < -0.39 is 64.2 Å². The molecule has 2 unspecified atom stereocenters. The minimum Gasteiger partial charge on any atom is -0.477 e. The topological polar surface area (TPSA) is 167 Å². The van der Waals surface area contributed by atoms with Gasteiger partial charge in [-0.25, -0.2) is 14.6 Å². The van der Waals surface area contributed by atoms with Gasteiger partial charge in [0.1, 0.15) is 22.7 Å². The zero-order valence-corrected chi connectivity index (χ0v) is 21.7. The van der Waals surface area contributed by atoms with Crippen LogP contribution in [0, 0.1) is 0 Å². The third-order valence-corrected chi connectivity index (χ3v) is 7.04. The molecule has 2 aliphatic rings. The van der Waals surface area contributed by atoms with E-state index in [2.05, 4.69) is 22.2 Å². The molecule has 4 N–H and O–H groups in total.